The summed E-state index contributed by atoms with van der Waals surface area (Å²) < 4.78 is 25.4. The normalized spacial score (nSPS) is 11.6. The standard InChI is InChI=1S/C5H11I.H2O3S/c1-2-3-4-5-6;1-4(2)3/h2-5H2,1H3;(H2,1,2,3)/p-1. The molecule has 0 aliphatic rings. The molecule has 0 aliphatic heterocycles. The van der Waals surface area contributed by atoms with E-state index in [2.05, 4.69) is 29.5 Å². The van der Waals surface area contributed by atoms with Crippen LogP contribution in [0.5, 0.6) is 0 Å². The highest BCUT2D eigenvalue weighted by molar-refractivity contribution is 14.1. The Balaban J connectivity index is 0. The van der Waals surface area contributed by atoms with E-state index in [1.807, 2.05) is 0 Å². The van der Waals surface area contributed by atoms with Crippen molar-refractivity contribution >= 4 is 34.0 Å². The van der Waals surface area contributed by atoms with Crippen molar-refractivity contribution in [2.45, 2.75) is 26.2 Å². The highest BCUT2D eigenvalue weighted by Crippen LogP contribution is 1.96. The molecule has 64 valence electrons. The van der Waals surface area contributed by atoms with Gasteiger partial charge in [0.25, 0.3) is 0 Å². The Morgan fingerprint density at radius 1 is 1.60 bits per heavy atom. The number of hydrogen-bond donors (Lipinski definition) is 1. The van der Waals surface area contributed by atoms with Crippen LogP contribution in [0.1, 0.15) is 26.2 Å². The van der Waals surface area contributed by atoms with Crippen LogP contribution in [-0.4, -0.2) is 17.7 Å². The second-order valence-electron chi connectivity index (χ2n) is 1.61. The molecule has 0 aromatic carbocycles. The Morgan fingerprint density at radius 2 is 2.00 bits per heavy atom. The van der Waals surface area contributed by atoms with Gasteiger partial charge in [0.05, 0.1) is 11.4 Å². The fourth-order valence-electron chi connectivity index (χ4n) is 0.344. The predicted octanol–water partition coefficient (Wildman–Crippen LogP) is 1.95. The number of unbranched alkanes of at least 4 members (excludes halogenated alkanes) is 2. The SMILES string of the molecule is CCCCCI.O=S([O-])O. The third-order valence-electron chi connectivity index (χ3n) is 0.737. The molecule has 0 rings (SSSR count). The Hall–Kier alpha value is 0.800. The first-order valence-corrected chi connectivity index (χ1v) is 5.55. The van der Waals surface area contributed by atoms with Crippen LogP contribution in [0.4, 0.5) is 0 Å². The van der Waals surface area contributed by atoms with Gasteiger partial charge in [0.15, 0.2) is 0 Å². The van der Waals surface area contributed by atoms with Crippen molar-refractivity contribution in [1.82, 2.24) is 0 Å². The molecule has 1 unspecified atom stereocenters. The maximum absolute atomic E-state index is 8.56. The molecule has 0 bridgehead atoms. The van der Waals surface area contributed by atoms with E-state index in [-0.39, 0.29) is 0 Å². The van der Waals surface area contributed by atoms with Crippen LogP contribution in [0.2, 0.25) is 0 Å². The van der Waals surface area contributed by atoms with E-state index < -0.39 is 11.4 Å². The van der Waals surface area contributed by atoms with Gasteiger partial charge < -0.3 is 9.11 Å². The van der Waals surface area contributed by atoms with Crippen LogP contribution in [-0.2, 0) is 11.4 Å². The zero-order valence-corrected chi connectivity index (χ0v) is 8.85. The molecule has 0 aliphatic carbocycles. The van der Waals surface area contributed by atoms with Crippen LogP contribution in [0.3, 0.4) is 0 Å². The quantitative estimate of drug-likeness (QED) is 0.372. The summed E-state index contributed by atoms with van der Waals surface area (Å²) in [7, 11) is 0. The van der Waals surface area contributed by atoms with Crippen molar-refractivity contribution in [3.63, 3.8) is 0 Å². The minimum atomic E-state index is -2.86. The summed E-state index contributed by atoms with van der Waals surface area (Å²) in [6, 6.07) is 0. The molecular weight excluding hydrogens is 267 g/mol. The van der Waals surface area contributed by atoms with E-state index >= 15 is 0 Å². The van der Waals surface area contributed by atoms with Crippen LogP contribution >= 0.6 is 22.6 Å². The lowest BCUT2D eigenvalue weighted by Crippen LogP contribution is -1.75. The van der Waals surface area contributed by atoms with E-state index in [0.717, 1.165) is 0 Å². The van der Waals surface area contributed by atoms with Crippen LogP contribution < -0.4 is 0 Å². The Labute approximate surface area is 77.8 Å². The molecule has 0 fully saturated rings. The van der Waals surface area contributed by atoms with E-state index in [4.69, 9.17) is 13.3 Å². The Morgan fingerprint density at radius 3 is 2.10 bits per heavy atom. The Kier molecular flexibility index (Phi) is 16.7. The summed E-state index contributed by atoms with van der Waals surface area (Å²) in [5.74, 6) is 0. The molecule has 0 saturated carbocycles. The highest BCUT2D eigenvalue weighted by atomic mass is 127. The Bertz CT molecular complexity index is 71.3. The topological polar surface area (TPSA) is 60.4 Å². The van der Waals surface area contributed by atoms with Crippen molar-refractivity contribution in [3.05, 3.63) is 0 Å². The van der Waals surface area contributed by atoms with Gasteiger partial charge in [-0.2, -0.15) is 0 Å². The largest absolute Gasteiger partial charge is 0.750 e. The molecule has 0 heterocycles. The first-order chi connectivity index (χ1) is 4.65. The van der Waals surface area contributed by atoms with Crippen LogP contribution in [0, 0.1) is 0 Å². The monoisotopic (exact) mass is 279 g/mol. The number of alkyl halides is 1. The summed E-state index contributed by atoms with van der Waals surface area (Å²) in [6.07, 6.45) is 4.16. The molecule has 3 nitrogen and oxygen atoms in total. The van der Waals surface area contributed by atoms with Gasteiger partial charge in [0.1, 0.15) is 0 Å². The van der Waals surface area contributed by atoms with Gasteiger partial charge >= 0.3 is 0 Å². The summed E-state index contributed by atoms with van der Waals surface area (Å²) >= 11 is -0.450. The molecule has 0 aromatic rings. The van der Waals surface area contributed by atoms with Gasteiger partial charge in [0, 0.05) is 0 Å². The summed E-state index contributed by atoms with van der Waals surface area (Å²) in [5.41, 5.74) is 0. The van der Waals surface area contributed by atoms with E-state index in [1.54, 1.807) is 0 Å². The lowest BCUT2D eigenvalue weighted by Gasteiger charge is -1.85. The van der Waals surface area contributed by atoms with E-state index in [0.29, 0.717) is 0 Å². The predicted molar refractivity (Wildman–Crippen MR) is 50.0 cm³/mol. The number of halogens is 1. The van der Waals surface area contributed by atoms with Crippen molar-refractivity contribution < 1.29 is 13.3 Å². The summed E-state index contributed by atoms with van der Waals surface area (Å²) in [5, 5.41) is 0. The van der Waals surface area contributed by atoms with Crippen molar-refractivity contribution in [3.8, 4) is 0 Å². The third-order valence-corrected chi connectivity index (χ3v) is 1.50. The molecule has 5 heteroatoms. The molecule has 1 atom stereocenters. The molecule has 0 spiro atoms. The third kappa shape index (κ3) is 37.1. The first kappa shape index (κ1) is 13.4. The minimum absolute atomic E-state index is 1.32. The highest BCUT2D eigenvalue weighted by Gasteiger charge is 1.76. The number of rotatable bonds is 3. The molecule has 0 amide bonds. The van der Waals surface area contributed by atoms with Crippen LogP contribution in [0.25, 0.3) is 0 Å². The van der Waals surface area contributed by atoms with Gasteiger partial charge in [-0.05, 0) is 10.8 Å². The molecule has 1 N–H and O–H groups in total. The molecule has 0 radical (unpaired) electrons. The van der Waals surface area contributed by atoms with Gasteiger partial charge in [-0.3, -0.25) is 0 Å². The summed E-state index contributed by atoms with van der Waals surface area (Å²) in [6.45, 7) is 2.23. The maximum atomic E-state index is 8.56. The average Bonchev–Trinajstić information content (AvgIpc) is 1.82. The lowest BCUT2D eigenvalue weighted by atomic mass is 10.3. The van der Waals surface area contributed by atoms with Gasteiger partial charge in [-0.25, -0.2) is 4.21 Å². The second kappa shape index (κ2) is 12.5. The van der Waals surface area contributed by atoms with E-state index in [1.165, 1.54) is 23.7 Å². The van der Waals surface area contributed by atoms with E-state index in [9.17, 15) is 0 Å². The molecule has 0 aromatic heterocycles. The molecular formula is C5H12IO3S-. The van der Waals surface area contributed by atoms with Crippen molar-refractivity contribution in [2.75, 3.05) is 4.43 Å². The average molecular weight is 279 g/mol. The second-order valence-corrected chi connectivity index (χ2v) is 3.13. The van der Waals surface area contributed by atoms with Gasteiger partial charge in [-0.15, -0.1) is 0 Å². The zero-order chi connectivity index (χ0) is 8.41. The first-order valence-electron chi connectivity index (χ1n) is 2.99. The fraction of sp³-hybridized carbons (Fsp3) is 1.00. The van der Waals surface area contributed by atoms with Crippen LogP contribution in [0.15, 0.2) is 0 Å². The molecule has 0 saturated heterocycles. The smallest absolute Gasteiger partial charge is 0.0814 e. The van der Waals surface area contributed by atoms with Crippen molar-refractivity contribution in [1.29, 1.82) is 0 Å². The maximum Gasteiger partial charge on any atom is 0.0814 e. The van der Waals surface area contributed by atoms with Gasteiger partial charge in [-0.1, -0.05) is 42.4 Å². The fourth-order valence-corrected chi connectivity index (χ4v) is 0.884. The van der Waals surface area contributed by atoms with Crippen molar-refractivity contribution in [2.24, 2.45) is 0 Å². The minimum Gasteiger partial charge on any atom is -0.750 e. The van der Waals surface area contributed by atoms with Gasteiger partial charge in [0.2, 0.25) is 0 Å². The number of hydrogen-bond acceptors (Lipinski definition) is 2. The lowest BCUT2D eigenvalue weighted by molar-refractivity contribution is 0.436. The zero-order valence-electron chi connectivity index (χ0n) is 5.88. The molecule has 10 heavy (non-hydrogen) atoms. The summed E-state index contributed by atoms with van der Waals surface area (Å²) in [4.78, 5) is 0.